The van der Waals surface area contributed by atoms with Crippen molar-refractivity contribution >= 4 is 22.5 Å². The van der Waals surface area contributed by atoms with Crippen molar-refractivity contribution in [3.8, 4) is 0 Å². The minimum Gasteiger partial charge on any atom is -0.360 e. The van der Waals surface area contributed by atoms with Gasteiger partial charge in [-0.1, -0.05) is 29.8 Å². The van der Waals surface area contributed by atoms with E-state index in [1.807, 2.05) is 24.0 Å². The van der Waals surface area contributed by atoms with E-state index in [0.29, 0.717) is 17.5 Å². The average Bonchev–Trinajstić information content (AvgIpc) is 3.27. The fraction of sp³-hybridized carbons (Fsp3) is 0.250. The van der Waals surface area contributed by atoms with Gasteiger partial charge >= 0.3 is 0 Å². The Morgan fingerprint density at radius 3 is 2.88 bits per heavy atom. The summed E-state index contributed by atoms with van der Waals surface area (Å²) in [6.45, 7) is 2.74. The Bertz CT molecular complexity index is 1010. The second-order valence-corrected chi connectivity index (χ2v) is 6.76. The summed E-state index contributed by atoms with van der Waals surface area (Å²) in [5.74, 6) is -0.0826. The van der Waals surface area contributed by atoms with E-state index >= 15 is 0 Å². The van der Waals surface area contributed by atoms with Crippen LogP contribution in [0.5, 0.6) is 0 Å². The molecule has 1 saturated heterocycles. The first-order valence-electron chi connectivity index (χ1n) is 8.67. The summed E-state index contributed by atoms with van der Waals surface area (Å²) >= 11 is 0. The number of nitrogens with one attached hydrogen (secondary N) is 1. The molecule has 4 rings (SSSR count). The number of hydrogen-bond acceptors (Lipinski definition) is 3. The van der Waals surface area contributed by atoms with Gasteiger partial charge in [0.15, 0.2) is 0 Å². The largest absolute Gasteiger partial charge is 0.360 e. The van der Waals surface area contributed by atoms with Crippen molar-refractivity contribution in [2.45, 2.75) is 25.8 Å². The number of benzene rings is 2. The summed E-state index contributed by atoms with van der Waals surface area (Å²) in [6.07, 6.45) is 3.53. The lowest BCUT2D eigenvalue weighted by Gasteiger charge is -2.25. The van der Waals surface area contributed by atoms with E-state index in [2.05, 4.69) is 17.1 Å². The van der Waals surface area contributed by atoms with E-state index in [4.69, 9.17) is 0 Å². The van der Waals surface area contributed by atoms with Crippen LogP contribution < -0.4 is 0 Å². The summed E-state index contributed by atoms with van der Waals surface area (Å²) in [6, 6.07) is 12.8. The second kappa shape index (κ2) is 6.29. The maximum atomic E-state index is 13.2. The van der Waals surface area contributed by atoms with Crippen LogP contribution in [0.1, 0.15) is 40.4 Å². The monoisotopic (exact) mass is 349 g/mol. The molecule has 0 radical (unpaired) electrons. The number of aromatic amines is 1. The summed E-state index contributed by atoms with van der Waals surface area (Å²) in [4.78, 5) is 28.8. The number of hydrogen-bond donors (Lipinski definition) is 1. The predicted molar refractivity (Wildman–Crippen MR) is 99.1 cm³/mol. The Balaban J connectivity index is 1.71. The fourth-order valence-corrected chi connectivity index (χ4v) is 3.79. The van der Waals surface area contributed by atoms with E-state index < -0.39 is 4.92 Å². The third kappa shape index (κ3) is 2.73. The number of fused-ring (bicyclic) bond motifs is 1. The number of carbonyl (C=O) groups excluding carboxylic acids is 1. The topological polar surface area (TPSA) is 79.2 Å². The fourth-order valence-electron chi connectivity index (χ4n) is 3.79. The van der Waals surface area contributed by atoms with Crippen molar-refractivity contribution in [1.82, 2.24) is 9.88 Å². The molecule has 0 saturated carbocycles. The highest BCUT2D eigenvalue weighted by Crippen LogP contribution is 2.35. The SMILES string of the molecule is Cc1cccc(C2CCCN2C(=O)c2c[nH]c3ccc([N+](=O)[O-])cc23)c1. The molecule has 6 heteroatoms. The standard InChI is InChI=1S/C20H19N3O3/c1-13-4-2-5-14(10-13)19-6-3-9-22(19)20(24)17-12-21-18-8-7-15(23(25)26)11-16(17)18/h2,4-5,7-8,10-12,19,21H,3,6,9H2,1H3. The van der Waals surface area contributed by atoms with Crippen molar-refractivity contribution in [2.75, 3.05) is 6.54 Å². The molecular formula is C20H19N3O3. The molecule has 1 fully saturated rings. The smallest absolute Gasteiger partial charge is 0.270 e. The first-order chi connectivity index (χ1) is 12.5. The van der Waals surface area contributed by atoms with Gasteiger partial charge in [0.25, 0.3) is 11.6 Å². The van der Waals surface area contributed by atoms with Crippen LogP contribution in [0.3, 0.4) is 0 Å². The summed E-state index contributed by atoms with van der Waals surface area (Å²) in [5, 5.41) is 11.7. The Labute approximate surface area is 150 Å². The molecule has 2 aromatic carbocycles. The molecule has 1 amide bonds. The Morgan fingerprint density at radius 2 is 2.12 bits per heavy atom. The molecule has 1 N–H and O–H groups in total. The zero-order valence-corrected chi connectivity index (χ0v) is 14.4. The highest BCUT2D eigenvalue weighted by atomic mass is 16.6. The Morgan fingerprint density at radius 1 is 1.27 bits per heavy atom. The van der Waals surface area contributed by atoms with E-state index in [9.17, 15) is 14.9 Å². The number of nitrogens with zero attached hydrogens (tertiary/aromatic N) is 2. The van der Waals surface area contributed by atoms with Crippen LogP contribution in [0.15, 0.2) is 48.7 Å². The number of amides is 1. The molecule has 1 aromatic heterocycles. The minimum absolute atomic E-state index is 0.0113. The number of aryl methyl sites for hydroxylation is 1. The van der Waals surface area contributed by atoms with Crippen LogP contribution in [0.25, 0.3) is 10.9 Å². The van der Waals surface area contributed by atoms with Crippen LogP contribution >= 0.6 is 0 Å². The highest BCUT2D eigenvalue weighted by Gasteiger charge is 2.32. The van der Waals surface area contributed by atoms with E-state index in [1.54, 1.807) is 12.3 Å². The zero-order chi connectivity index (χ0) is 18.3. The van der Waals surface area contributed by atoms with Gasteiger partial charge < -0.3 is 9.88 Å². The number of rotatable bonds is 3. The highest BCUT2D eigenvalue weighted by molar-refractivity contribution is 6.07. The maximum Gasteiger partial charge on any atom is 0.270 e. The molecule has 0 bridgehead atoms. The maximum absolute atomic E-state index is 13.2. The molecule has 1 aliphatic rings. The zero-order valence-electron chi connectivity index (χ0n) is 14.4. The third-order valence-electron chi connectivity index (χ3n) is 5.05. The van der Waals surface area contributed by atoms with Crippen LogP contribution in [-0.4, -0.2) is 27.3 Å². The molecule has 132 valence electrons. The van der Waals surface area contributed by atoms with Crippen molar-refractivity contribution in [1.29, 1.82) is 0 Å². The lowest BCUT2D eigenvalue weighted by atomic mass is 10.0. The van der Waals surface area contributed by atoms with Crippen LogP contribution in [0, 0.1) is 17.0 Å². The molecule has 0 aliphatic carbocycles. The molecule has 3 aromatic rings. The van der Waals surface area contributed by atoms with Crippen molar-refractivity contribution in [2.24, 2.45) is 0 Å². The van der Waals surface area contributed by atoms with Gasteiger partial charge in [-0.2, -0.15) is 0 Å². The van der Waals surface area contributed by atoms with Gasteiger partial charge in [-0.15, -0.1) is 0 Å². The van der Waals surface area contributed by atoms with Crippen LogP contribution in [0.4, 0.5) is 5.69 Å². The quantitative estimate of drug-likeness (QED) is 0.563. The summed E-state index contributed by atoms with van der Waals surface area (Å²) < 4.78 is 0. The average molecular weight is 349 g/mol. The number of carbonyl (C=O) groups is 1. The number of nitro groups is 1. The van der Waals surface area contributed by atoms with Crippen LogP contribution in [0.2, 0.25) is 0 Å². The van der Waals surface area contributed by atoms with Gasteiger partial charge in [0.05, 0.1) is 16.5 Å². The number of likely N-dealkylation sites (tertiary alicyclic amines) is 1. The van der Waals surface area contributed by atoms with Crippen molar-refractivity contribution in [3.05, 3.63) is 75.5 Å². The summed E-state index contributed by atoms with van der Waals surface area (Å²) in [5.41, 5.74) is 3.52. The third-order valence-corrected chi connectivity index (χ3v) is 5.05. The van der Waals surface area contributed by atoms with Crippen molar-refractivity contribution < 1.29 is 9.72 Å². The van der Waals surface area contributed by atoms with E-state index in [0.717, 1.165) is 23.9 Å². The van der Waals surface area contributed by atoms with Gasteiger partial charge in [-0.05, 0) is 31.4 Å². The Hall–Kier alpha value is -3.15. The number of H-pyrrole nitrogens is 1. The first kappa shape index (κ1) is 16.3. The molecule has 2 heterocycles. The van der Waals surface area contributed by atoms with Crippen LogP contribution in [-0.2, 0) is 0 Å². The number of aromatic nitrogens is 1. The Kier molecular flexibility index (Phi) is 3.95. The van der Waals surface area contributed by atoms with Gasteiger partial charge in [-0.3, -0.25) is 14.9 Å². The van der Waals surface area contributed by atoms with Gasteiger partial charge in [-0.25, -0.2) is 0 Å². The van der Waals surface area contributed by atoms with Gasteiger partial charge in [0, 0.05) is 35.8 Å². The molecular weight excluding hydrogens is 330 g/mol. The molecule has 1 aliphatic heterocycles. The van der Waals surface area contributed by atoms with Crippen molar-refractivity contribution in [3.63, 3.8) is 0 Å². The molecule has 0 spiro atoms. The molecule has 1 atom stereocenters. The first-order valence-corrected chi connectivity index (χ1v) is 8.67. The summed E-state index contributed by atoms with van der Waals surface area (Å²) in [7, 11) is 0. The minimum atomic E-state index is -0.438. The normalized spacial score (nSPS) is 17.0. The van der Waals surface area contributed by atoms with Gasteiger partial charge in [0.1, 0.15) is 0 Å². The lowest BCUT2D eigenvalue weighted by molar-refractivity contribution is -0.384. The number of nitro benzene ring substituents is 1. The molecule has 1 unspecified atom stereocenters. The van der Waals surface area contributed by atoms with Gasteiger partial charge in [0.2, 0.25) is 0 Å². The predicted octanol–water partition coefficient (Wildman–Crippen LogP) is 4.36. The van der Waals surface area contributed by atoms with E-state index in [-0.39, 0.29) is 17.6 Å². The second-order valence-electron chi connectivity index (χ2n) is 6.76. The lowest BCUT2D eigenvalue weighted by Crippen LogP contribution is -2.30. The number of non-ortho nitro benzene ring substituents is 1. The molecule has 6 nitrogen and oxygen atoms in total. The van der Waals surface area contributed by atoms with E-state index in [1.165, 1.54) is 17.7 Å². The molecule has 26 heavy (non-hydrogen) atoms.